The van der Waals surface area contributed by atoms with Crippen LogP contribution in [-0.2, 0) is 17.9 Å². The van der Waals surface area contributed by atoms with Gasteiger partial charge in [0.2, 0.25) is 0 Å². The van der Waals surface area contributed by atoms with Gasteiger partial charge in [-0.15, -0.1) is 0 Å². The van der Waals surface area contributed by atoms with Crippen LogP contribution in [0.15, 0.2) is 42.5 Å². The topological polar surface area (TPSA) is 43.0 Å². The lowest BCUT2D eigenvalue weighted by Crippen LogP contribution is -2.37. The van der Waals surface area contributed by atoms with Gasteiger partial charge < -0.3 is 19.5 Å². The van der Waals surface area contributed by atoms with Gasteiger partial charge in [0.05, 0.1) is 20.3 Å². The molecule has 152 valence electrons. The van der Waals surface area contributed by atoms with Gasteiger partial charge in [-0.25, -0.2) is 0 Å². The molecule has 1 N–H and O–H groups in total. The summed E-state index contributed by atoms with van der Waals surface area (Å²) in [5.74, 6) is 1.50. The number of rotatable bonds is 10. The molecule has 2 aromatic rings. The van der Waals surface area contributed by atoms with Crippen molar-refractivity contribution in [3.05, 3.63) is 58.6 Å². The van der Waals surface area contributed by atoms with Crippen molar-refractivity contribution in [1.29, 1.82) is 0 Å². The van der Waals surface area contributed by atoms with Gasteiger partial charge in [0.1, 0.15) is 6.61 Å². The molecule has 1 aliphatic heterocycles. The summed E-state index contributed by atoms with van der Waals surface area (Å²) in [6, 6.07) is 13.7. The molecule has 0 radical (unpaired) electrons. The minimum absolute atomic E-state index is 0.407. The summed E-state index contributed by atoms with van der Waals surface area (Å²) >= 11 is 6.25. The molecule has 2 aromatic carbocycles. The minimum Gasteiger partial charge on any atom is -0.493 e. The maximum absolute atomic E-state index is 6.25. The van der Waals surface area contributed by atoms with E-state index in [1.54, 1.807) is 7.11 Å². The second kappa shape index (κ2) is 11.3. The number of halogens is 1. The lowest BCUT2D eigenvalue weighted by atomic mass is 10.1. The molecule has 3 rings (SSSR count). The predicted octanol–water partition coefficient (Wildman–Crippen LogP) is 3.74. The second-order valence-electron chi connectivity index (χ2n) is 6.81. The molecule has 5 nitrogen and oxygen atoms in total. The van der Waals surface area contributed by atoms with Crippen LogP contribution in [0.1, 0.15) is 17.5 Å². The predicted molar refractivity (Wildman–Crippen MR) is 112 cm³/mol. The van der Waals surface area contributed by atoms with E-state index in [9.17, 15) is 0 Å². The molecule has 0 amide bonds. The van der Waals surface area contributed by atoms with E-state index in [1.807, 2.05) is 36.4 Å². The molecule has 1 fully saturated rings. The zero-order valence-corrected chi connectivity index (χ0v) is 17.2. The zero-order chi connectivity index (χ0) is 19.6. The smallest absolute Gasteiger partial charge is 0.166 e. The zero-order valence-electron chi connectivity index (χ0n) is 16.5. The van der Waals surface area contributed by atoms with Crippen molar-refractivity contribution in [2.45, 2.75) is 19.6 Å². The number of benzene rings is 2. The third-order valence-corrected chi connectivity index (χ3v) is 5.23. The molecule has 6 heteroatoms. The largest absolute Gasteiger partial charge is 0.493 e. The van der Waals surface area contributed by atoms with E-state index in [4.69, 9.17) is 25.8 Å². The number of methoxy groups -OCH3 is 1. The van der Waals surface area contributed by atoms with Gasteiger partial charge in [-0.2, -0.15) is 0 Å². The molecule has 0 aliphatic carbocycles. The minimum atomic E-state index is 0.407. The van der Waals surface area contributed by atoms with Crippen LogP contribution in [0.3, 0.4) is 0 Å². The Hall–Kier alpha value is -1.79. The number of nitrogens with zero attached hydrogens (tertiary/aromatic N) is 1. The molecule has 0 saturated carbocycles. The van der Waals surface area contributed by atoms with Crippen molar-refractivity contribution in [3.63, 3.8) is 0 Å². The molecule has 0 unspecified atom stereocenters. The number of hydrogen-bond donors (Lipinski definition) is 1. The standard InChI is InChI=1S/C22H29ClN2O3/c1-26-21-9-4-7-18(16-24-10-5-11-25-12-14-27-15-13-25)22(21)28-17-19-6-2-3-8-20(19)23/h2-4,6-9,24H,5,10-17H2,1H3. The average Bonchev–Trinajstić information content (AvgIpc) is 2.74. The quantitative estimate of drug-likeness (QED) is 0.611. The fraction of sp³-hybridized carbons (Fsp3) is 0.455. The van der Waals surface area contributed by atoms with Gasteiger partial charge in [0, 0.05) is 35.8 Å². The highest BCUT2D eigenvalue weighted by Crippen LogP contribution is 2.32. The van der Waals surface area contributed by atoms with E-state index < -0.39 is 0 Å². The normalized spacial score (nSPS) is 14.8. The van der Waals surface area contributed by atoms with Gasteiger partial charge in [-0.3, -0.25) is 4.90 Å². The van der Waals surface area contributed by atoms with Crippen molar-refractivity contribution in [3.8, 4) is 11.5 Å². The summed E-state index contributed by atoms with van der Waals surface area (Å²) in [4.78, 5) is 2.45. The van der Waals surface area contributed by atoms with E-state index in [2.05, 4.69) is 16.3 Å². The Bertz CT molecular complexity index is 735. The first-order valence-corrected chi connectivity index (χ1v) is 10.2. The molecule has 1 aliphatic rings. The Labute approximate surface area is 172 Å². The lowest BCUT2D eigenvalue weighted by molar-refractivity contribution is 0.0374. The average molecular weight is 405 g/mol. The van der Waals surface area contributed by atoms with E-state index >= 15 is 0 Å². The van der Waals surface area contributed by atoms with E-state index in [0.29, 0.717) is 11.6 Å². The van der Waals surface area contributed by atoms with Crippen molar-refractivity contribution in [1.82, 2.24) is 10.2 Å². The first-order chi connectivity index (χ1) is 13.8. The summed E-state index contributed by atoms with van der Waals surface area (Å²) in [5.41, 5.74) is 2.04. The van der Waals surface area contributed by atoms with Crippen molar-refractivity contribution >= 4 is 11.6 Å². The molecular weight excluding hydrogens is 376 g/mol. The molecule has 1 saturated heterocycles. The van der Waals surface area contributed by atoms with Crippen LogP contribution in [0.4, 0.5) is 0 Å². The molecule has 1 heterocycles. The summed E-state index contributed by atoms with van der Waals surface area (Å²) < 4.78 is 17.0. The highest BCUT2D eigenvalue weighted by atomic mass is 35.5. The Morgan fingerprint density at radius 3 is 2.64 bits per heavy atom. The fourth-order valence-electron chi connectivity index (χ4n) is 3.27. The summed E-state index contributed by atoms with van der Waals surface area (Å²) in [6.07, 6.45) is 1.11. The Kier molecular flexibility index (Phi) is 8.42. The van der Waals surface area contributed by atoms with Crippen molar-refractivity contribution in [2.75, 3.05) is 46.5 Å². The van der Waals surface area contributed by atoms with E-state index in [0.717, 1.165) is 75.0 Å². The first-order valence-electron chi connectivity index (χ1n) is 9.81. The summed E-state index contributed by atoms with van der Waals surface area (Å²) in [7, 11) is 1.66. The van der Waals surface area contributed by atoms with Gasteiger partial charge in [-0.05, 0) is 31.6 Å². The summed E-state index contributed by atoms with van der Waals surface area (Å²) in [5, 5.41) is 4.23. The highest BCUT2D eigenvalue weighted by Gasteiger charge is 2.12. The molecule has 0 bridgehead atoms. The Morgan fingerprint density at radius 2 is 1.86 bits per heavy atom. The van der Waals surface area contributed by atoms with Gasteiger partial charge in [0.15, 0.2) is 11.5 Å². The molecule has 28 heavy (non-hydrogen) atoms. The van der Waals surface area contributed by atoms with Gasteiger partial charge in [0.25, 0.3) is 0 Å². The van der Waals surface area contributed by atoms with Crippen LogP contribution >= 0.6 is 11.6 Å². The maximum Gasteiger partial charge on any atom is 0.166 e. The monoisotopic (exact) mass is 404 g/mol. The fourth-order valence-corrected chi connectivity index (χ4v) is 3.46. The molecule has 0 atom stereocenters. The lowest BCUT2D eigenvalue weighted by Gasteiger charge is -2.26. The number of morpholine rings is 1. The molecular formula is C22H29ClN2O3. The Morgan fingerprint density at radius 1 is 1.07 bits per heavy atom. The van der Waals surface area contributed by atoms with E-state index in [1.165, 1.54) is 0 Å². The van der Waals surface area contributed by atoms with Gasteiger partial charge in [-0.1, -0.05) is 41.9 Å². The second-order valence-corrected chi connectivity index (χ2v) is 7.22. The van der Waals surface area contributed by atoms with Crippen molar-refractivity contribution < 1.29 is 14.2 Å². The number of hydrogen-bond acceptors (Lipinski definition) is 5. The number of nitrogens with one attached hydrogen (secondary N) is 1. The third kappa shape index (κ3) is 6.11. The van der Waals surface area contributed by atoms with Crippen LogP contribution in [0.2, 0.25) is 5.02 Å². The Balaban J connectivity index is 1.52. The first kappa shape index (κ1) is 20.9. The van der Waals surface area contributed by atoms with Crippen LogP contribution in [-0.4, -0.2) is 51.4 Å². The molecule has 0 aromatic heterocycles. The SMILES string of the molecule is COc1cccc(CNCCCN2CCOCC2)c1OCc1ccccc1Cl. The third-order valence-electron chi connectivity index (χ3n) is 4.86. The number of ether oxygens (including phenoxy) is 3. The van der Waals surface area contributed by atoms with Gasteiger partial charge >= 0.3 is 0 Å². The molecule has 0 spiro atoms. The maximum atomic E-state index is 6.25. The van der Waals surface area contributed by atoms with Crippen LogP contribution in [0, 0.1) is 0 Å². The van der Waals surface area contributed by atoms with E-state index in [-0.39, 0.29) is 0 Å². The van der Waals surface area contributed by atoms with Crippen molar-refractivity contribution in [2.24, 2.45) is 0 Å². The van der Waals surface area contributed by atoms with Crippen LogP contribution in [0.25, 0.3) is 0 Å². The van der Waals surface area contributed by atoms with Crippen LogP contribution < -0.4 is 14.8 Å². The number of para-hydroxylation sites is 1. The summed E-state index contributed by atoms with van der Waals surface area (Å²) in [6.45, 7) is 6.98. The highest BCUT2D eigenvalue weighted by molar-refractivity contribution is 6.31. The van der Waals surface area contributed by atoms with Crippen LogP contribution in [0.5, 0.6) is 11.5 Å².